The third-order valence-corrected chi connectivity index (χ3v) is 4.29. The number of aromatic nitrogens is 2. The quantitative estimate of drug-likeness (QED) is 0.779. The number of halogens is 1. The number of benzene rings is 1. The van der Waals surface area contributed by atoms with Crippen molar-refractivity contribution in [2.75, 3.05) is 13.1 Å². The van der Waals surface area contributed by atoms with Gasteiger partial charge in [0, 0.05) is 13.1 Å². The van der Waals surface area contributed by atoms with E-state index >= 15 is 0 Å². The molecule has 1 atom stereocenters. The number of ether oxygens (including phenoxy) is 1. The molecule has 8 nitrogen and oxygen atoms in total. The van der Waals surface area contributed by atoms with Crippen LogP contribution in [0.3, 0.4) is 0 Å². The predicted octanol–water partition coefficient (Wildman–Crippen LogP) is 1.82. The highest BCUT2D eigenvalue weighted by atomic mass is 32.2. The number of urea groups is 1. The van der Waals surface area contributed by atoms with Gasteiger partial charge in [-0.25, -0.2) is 9.18 Å². The Morgan fingerprint density at radius 3 is 2.88 bits per heavy atom. The largest absolute Gasteiger partial charge is 0.484 e. The molecular formula is C15H15FN4O4S. The van der Waals surface area contributed by atoms with Crippen molar-refractivity contribution in [1.29, 1.82) is 0 Å². The van der Waals surface area contributed by atoms with E-state index in [-0.39, 0.29) is 29.4 Å². The Balaban J connectivity index is 1.53. The maximum atomic E-state index is 12.8. The van der Waals surface area contributed by atoms with Crippen molar-refractivity contribution in [3.8, 4) is 5.75 Å². The summed E-state index contributed by atoms with van der Waals surface area (Å²) in [7, 11) is 0. The number of thioether (sulfide) groups is 1. The molecule has 1 aliphatic rings. The minimum atomic E-state index is -0.546. The van der Waals surface area contributed by atoms with E-state index in [1.54, 1.807) is 6.92 Å². The molecule has 1 N–H and O–H groups in total. The van der Waals surface area contributed by atoms with E-state index < -0.39 is 11.3 Å². The lowest BCUT2D eigenvalue weighted by atomic mass is 10.3. The van der Waals surface area contributed by atoms with Crippen molar-refractivity contribution >= 4 is 23.7 Å². The third kappa shape index (κ3) is 4.27. The Morgan fingerprint density at radius 1 is 1.44 bits per heavy atom. The first-order valence-corrected chi connectivity index (χ1v) is 8.37. The van der Waals surface area contributed by atoms with Gasteiger partial charge in [0.15, 0.2) is 6.61 Å². The van der Waals surface area contributed by atoms with Crippen LogP contribution in [0.4, 0.5) is 9.18 Å². The van der Waals surface area contributed by atoms with E-state index in [1.165, 1.54) is 24.3 Å². The predicted molar refractivity (Wildman–Crippen MR) is 85.5 cm³/mol. The standard InChI is InChI=1S/C15H15FN4O4S/c1-9(13(21)20-7-6-17-14(20)22)25-15-19-18-12(24-15)8-23-11-4-2-10(16)3-5-11/h2-5,9H,6-8H2,1H3,(H,17,22)/t9-/m0/s1. The third-order valence-electron chi connectivity index (χ3n) is 3.37. The molecular weight excluding hydrogens is 351 g/mol. The van der Waals surface area contributed by atoms with Gasteiger partial charge in [-0.2, -0.15) is 0 Å². The van der Waals surface area contributed by atoms with Crippen LogP contribution in [0, 0.1) is 5.82 Å². The lowest BCUT2D eigenvalue weighted by Crippen LogP contribution is -2.38. The van der Waals surface area contributed by atoms with Crippen molar-refractivity contribution in [2.24, 2.45) is 0 Å². The molecule has 2 aromatic rings. The molecule has 0 unspecified atom stereocenters. The number of nitrogens with zero attached hydrogens (tertiary/aromatic N) is 3. The zero-order valence-electron chi connectivity index (χ0n) is 13.3. The van der Waals surface area contributed by atoms with E-state index in [4.69, 9.17) is 9.15 Å². The number of rotatable bonds is 6. The summed E-state index contributed by atoms with van der Waals surface area (Å²) in [4.78, 5) is 24.9. The van der Waals surface area contributed by atoms with Crippen LogP contribution in [-0.2, 0) is 11.4 Å². The summed E-state index contributed by atoms with van der Waals surface area (Å²) in [5.74, 6) is 0.0271. The molecule has 10 heteroatoms. The highest BCUT2D eigenvalue weighted by Gasteiger charge is 2.31. The first-order valence-electron chi connectivity index (χ1n) is 7.49. The number of imide groups is 1. The van der Waals surface area contributed by atoms with E-state index in [9.17, 15) is 14.0 Å². The van der Waals surface area contributed by atoms with Gasteiger partial charge in [-0.1, -0.05) is 11.8 Å². The van der Waals surface area contributed by atoms with Gasteiger partial charge >= 0.3 is 6.03 Å². The lowest BCUT2D eigenvalue weighted by molar-refractivity contribution is -0.126. The molecule has 1 fully saturated rings. The second-order valence-corrected chi connectivity index (χ2v) is 6.48. The molecule has 2 heterocycles. The summed E-state index contributed by atoms with van der Waals surface area (Å²) in [6.45, 7) is 2.49. The second-order valence-electron chi connectivity index (χ2n) is 5.19. The topological polar surface area (TPSA) is 97.6 Å². The Kier molecular flexibility index (Phi) is 5.17. The fraction of sp³-hybridized carbons (Fsp3) is 0.333. The average Bonchev–Trinajstić information content (AvgIpc) is 3.22. The van der Waals surface area contributed by atoms with Crippen LogP contribution in [0.15, 0.2) is 33.9 Å². The zero-order chi connectivity index (χ0) is 17.8. The molecule has 0 saturated carbocycles. The number of amides is 3. The van der Waals surface area contributed by atoms with Gasteiger partial charge in [0.2, 0.25) is 5.91 Å². The van der Waals surface area contributed by atoms with Crippen LogP contribution < -0.4 is 10.1 Å². The summed E-state index contributed by atoms with van der Waals surface area (Å²) < 4.78 is 23.6. The molecule has 0 aliphatic carbocycles. The molecule has 3 amide bonds. The maximum Gasteiger partial charge on any atom is 0.324 e. The molecule has 3 rings (SSSR count). The molecule has 132 valence electrons. The molecule has 1 aliphatic heterocycles. The normalized spacial score (nSPS) is 15.1. The molecule has 0 radical (unpaired) electrons. The van der Waals surface area contributed by atoms with Crippen LogP contribution in [0.25, 0.3) is 0 Å². The first kappa shape index (κ1) is 17.2. The zero-order valence-corrected chi connectivity index (χ0v) is 14.1. The molecule has 0 spiro atoms. The summed E-state index contributed by atoms with van der Waals surface area (Å²) in [5.41, 5.74) is 0. The summed E-state index contributed by atoms with van der Waals surface area (Å²) in [6, 6.07) is 5.15. The van der Waals surface area contributed by atoms with Gasteiger partial charge in [0.1, 0.15) is 11.6 Å². The SMILES string of the molecule is C[C@H](Sc1nnc(COc2ccc(F)cc2)o1)C(=O)N1CCNC1=O. The summed E-state index contributed by atoms with van der Waals surface area (Å²) >= 11 is 1.07. The first-order chi connectivity index (χ1) is 12.0. The van der Waals surface area contributed by atoms with Gasteiger partial charge in [0.25, 0.3) is 11.1 Å². The van der Waals surface area contributed by atoms with Crippen molar-refractivity contribution < 1.29 is 23.1 Å². The maximum absolute atomic E-state index is 12.8. The summed E-state index contributed by atoms with van der Waals surface area (Å²) in [5, 5.41) is 9.91. The number of hydrogen-bond acceptors (Lipinski definition) is 7. The Morgan fingerprint density at radius 2 is 2.20 bits per heavy atom. The number of carbonyl (C=O) groups is 2. The van der Waals surface area contributed by atoms with Crippen LogP contribution in [-0.4, -0.2) is 45.4 Å². The minimum absolute atomic E-state index is 0.0239. The Hall–Kier alpha value is -2.62. The van der Waals surface area contributed by atoms with Crippen LogP contribution >= 0.6 is 11.8 Å². The van der Waals surface area contributed by atoms with Crippen molar-refractivity contribution in [3.63, 3.8) is 0 Å². The van der Waals surface area contributed by atoms with Crippen molar-refractivity contribution in [1.82, 2.24) is 20.4 Å². The second kappa shape index (κ2) is 7.51. The van der Waals surface area contributed by atoms with Crippen LogP contribution in [0.1, 0.15) is 12.8 Å². The molecule has 1 aromatic carbocycles. The van der Waals surface area contributed by atoms with Crippen molar-refractivity contribution in [2.45, 2.75) is 24.0 Å². The van der Waals surface area contributed by atoms with Crippen LogP contribution in [0.2, 0.25) is 0 Å². The smallest absolute Gasteiger partial charge is 0.324 e. The fourth-order valence-corrected chi connectivity index (χ4v) is 2.89. The van der Waals surface area contributed by atoms with Gasteiger partial charge in [-0.15, -0.1) is 10.2 Å². The minimum Gasteiger partial charge on any atom is -0.484 e. The van der Waals surface area contributed by atoms with Gasteiger partial charge in [-0.05, 0) is 31.2 Å². The van der Waals surface area contributed by atoms with Gasteiger partial charge in [-0.3, -0.25) is 9.69 Å². The molecule has 0 bridgehead atoms. The number of nitrogens with one attached hydrogen (secondary N) is 1. The Labute approximate surface area is 146 Å². The van der Waals surface area contributed by atoms with Crippen LogP contribution in [0.5, 0.6) is 5.75 Å². The van der Waals surface area contributed by atoms with E-state index in [0.717, 1.165) is 16.7 Å². The van der Waals surface area contributed by atoms with E-state index in [2.05, 4.69) is 15.5 Å². The monoisotopic (exact) mass is 366 g/mol. The number of carbonyl (C=O) groups excluding carboxylic acids is 2. The average molecular weight is 366 g/mol. The molecule has 25 heavy (non-hydrogen) atoms. The molecule has 1 saturated heterocycles. The van der Waals surface area contributed by atoms with Gasteiger partial charge < -0.3 is 14.5 Å². The Bertz CT molecular complexity index is 767. The number of hydrogen-bond donors (Lipinski definition) is 1. The highest BCUT2D eigenvalue weighted by Crippen LogP contribution is 2.24. The highest BCUT2D eigenvalue weighted by molar-refractivity contribution is 8.00. The summed E-state index contributed by atoms with van der Waals surface area (Å²) in [6.07, 6.45) is 0. The van der Waals surface area contributed by atoms with Crippen molar-refractivity contribution in [3.05, 3.63) is 36.0 Å². The fourth-order valence-electron chi connectivity index (χ4n) is 2.12. The lowest BCUT2D eigenvalue weighted by Gasteiger charge is -2.15. The molecule has 1 aromatic heterocycles. The van der Waals surface area contributed by atoms with E-state index in [1.807, 2.05) is 0 Å². The van der Waals surface area contributed by atoms with E-state index in [0.29, 0.717) is 18.8 Å². The van der Waals surface area contributed by atoms with Gasteiger partial charge in [0.05, 0.1) is 5.25 Å².